The molecule has 1 heterocycles. The molecule has 2 rings (SSSR count). The molecule has 0 spiro atoms. The second-order valence-corrected chi connectivity index (χ2v) is 6.64. The van der Waals surface area contributed by atoms with Gasteiger partial charge in [-0.15, -0.1) is 0 Å². The van der Waals surface area contributed by atoms with Crippen molar-refractivity contribution in [2.24, 2.45) is 4.99 Å². The second-order valence-electron chi connectivity index (χ2n) is 4.22. The molecule has 74 valence electrons. The van der Waals surface area contributed by atoms with Crippen LogP contribution in [-0.4, -0.2) is 50.6 Å². The third kappa shape index (κ3) is 2.60. The number of hydrogen-bond acceptors (Lipinski definition) is 2. The van der Waals surface area contributed by atoms with E-state index < -0.39 is 0 Å². The molecule has 0 fully saturated rings. The molecule has 0 N–H and O–H groups in total. The summed E-state index contributed by atoms with van der Waals surface area (Å²) in [6.07, 6.45) is 0. The van der Waals surface area contributed by atoms with Gasteiger partial charge in [-0.3, -0.25) is 0 Å². The molecule has 1 aromatic carbocycles. The molecule has 1 aliphatic heterocycles. The first-order valence-corrected chi connectivity index (χ1v) is 8.48. The number of hydrogen-bond donors (Lipinski definition) is 0. The first-order valence-electron chi connectivity index (χ1n) is 4.98. The quantitative estimate of drug-likeness (QED) is 0.736. The molecule has 0 saturated heterocycles. The van der Waals surface area contributed by atoms with E-state index in [9.17, 15) is 0 Å². The Labute approximate surface area is 107 Å². The Kier molecular flexibility index (Phi) is 3.48. The summed E-state index contributed by atoms with van der Waals surface area (Å²) in [6, 6.07) is 8.45. The standard InChI is InChI=1S/C11H13NOTe.Li/c1-11(2)7-13-10(12-11)8-5-3-4-6-9(8)14;/h3-6,14H,7H2,1-2H3;/q;+1/p-1. The predicted octanol–water partition coefficient (Wildman–Crippen LogP) is 0.655. The van der Waals surface area contributed by atoms with Gasteiger partial charge in [-0.1, -0.05) is 0 Å². The first-order chi connectivity index (χ1) is 7.12. The fourth-order valence-corrected chi connectivity index (χ4v) is 3.23. The summed E-state index contributed by atoms with van der Waals surface area (Å²) in [4.78, 5) is 4.61. The number of aliphatic imine (C=N–C) groups is 1. The molecule has 0 bridgehead atoms. The Morgan fingerprint density at radius 1 is 1.40 bits per heavy atom. The van der Waals surface area contributed by atoms with Crippen LogP contribution in [0.5, 0.6) is 0 Å². The van der Waals surface area contributed by atoms with E-state index in [1.54, 1.807) is 0 Å². The topological polar surface area (TPSA) is 21.6 Å². The summed E-state index contributed by atoms with van der Waals surface area (Å²) < 4.78 is 7.10. The zero-order chi connectivity index (χ0) is 10.9. The average molecular weight is 309 g/mol. The van der Waals surface area contributed by atoms with Crippen LogP contribution in [-0.2, 0) is 4.74 Å². The Morgan fingerprint density at radius 2 is 2.13 bits per heavy atom. The van der Waals surface area contributed by atoms with Crippen molar-refractivity contribution in [3.63, 3.8) is 0 Å². The molecule has 0 unspecified atom stereocenters. The summed E-state index contributed by atoms with van der Waals surface area (Å²) in [7, 11) is 0. The van der Waals surface area contributed by atoms with Crippen molar-refractivity contribution in [2.75, 3.05) is 6.61 Å². The fraction of sp³-hybridized carbons (Fsp3) is 0.364. The van der Waals surface area contributed by atoms with Gasteiger partial charge in [-0.25, -0.2) is 0 Å². The molecule has 0 amide bonds. The maximum atomic E-state index is 5.67. The van der Waals surface area contributed by atoms with Crippen LogP contribution in [0.15, 0.2) is 29.3 Å². The molecule has 0 saturated carbocycles. The van der Waals surface area contributed by atoms with Gasteiger partial charge in [-0.05, 0) is 0 Å². The van der Waals surface area contributed by atoms with Gasteiger partial charge in [0.05, 0.1) is 0 Å². The molecule has 0 radical (unpaired) electrons. The van der Waals surface area contributed by atoms with Gasteiger partial charge in [0.2, 0.25) is 0 Å². The monoisotopic (exact) mass is 311 g/mol. The number of nitrogens with zero attached hydrogens (tertiary/aromatic N) is 1. The molecule has 0 atom stereocenters. The van der Waals surface area contributed by atoms with Crippen molar-refractivity contribution in [3.8, 4) is 0 Å². The molecule has 1 aliphatic rings. The molecule has 15 heavy (non-hydrogen) atoms. The second kappa shape index (κ2) is 4.52. The first kappa shape index (κ1) is 11.6. The molecular weight excluding hydrogens is 297 g/mol. The zero-order valence-electron chi connectivity index (χ0n) is 9.28. The molecule has 0 aromatic heterocycles. The van der Waals surface area contributed by atoms with Crippen molar-refractivity contribution >= 4 is 42.1 Å². The summed E-state index contributed by atoms with van der Waals surface area (Å²) in [5.41, 5.74) is 1.14. The van der Waals surface area contributed by atoms with Crippen LogP contribution in [0.1, 0.15) is 19.4 Å². The van der Waals surface area contributed by atoms with Crippen LogP contribution in [0, 0.1) is 0 Å². The van der Waals surface area contributed by atoms with E-state index in [4.69, 9.17) is 4.74 Å². The van der Waals surface area contributed by atoms with Crippen molar-refractivity contribution < 1.29 is 4.74 Å². The number of rotatable bonds is 2. The Morgan fingerprint density at radius 3 is 2.73 bits per heavy atom. The van der Waals surface area contributed by atoms with Crippen LogP contribution < -0.4 is 3.61 Å². The third-order valence-electron chi connectivity index (χ3n) is 2.30. The summed E-state index contributed by atoms with van der Waals surface area (Å²) in [5, 5.41) is 0. The molecule has 4 heteroatoms. The van der Waals surface area contributed by atoms with Crippen LogP contribution in [0.2, 0.25) is 0 Å². The summed E-state index contributed by atoms with van der Waals surface area (Å²) >= 11 is 2.19. The molecule has 0 aliphatic carbocycles. The van der Waals surface area contributed by atoms with E-state index in [1.807, 2.05) is 0 Å². The van der Waals surface area contributed by atoms with Gasteiger partial charge in [0.25, 0.3) is 0 Å². The van der Waals surface area contributed by atoms with Crippen molar-refractivity contribution in [2.45, 2.75) is 19.4 Å². The van der Waals surface area contributed by atoms with Gasteiger partial charge in [0.1, 0.15) is 0 Å². The maximum absolute atomic E-state index is 5.67. The van der Waals surface area contributed by atoms with Crippen molar-refractivity contribution in [1.82, 2.24) is 0 Å². The predicted molar refractivity (Wildman–Crippen MR) is 64.2 cm³/mol. The normalized spacial score (nSPS) is 18.5. The Hall–Kier alpha value is 0.0770. The van der Waals surface area contributed by atoms with Gasteiger partial charge in [-0.2, -0.15) is 0 Å². The SMILES string of the molecule is [Li][Te]c1ccccc1C1=NC(C)(C)CO1. The van der Waals surface area contributed by atoms with E-state index >= 15 is 0 Å². The average Bonchev–Trinajstić information content (AvgIpc) is 2.59. The van der Waals surface area contributed by atoms with E-state index in [2.05, 4.69) is 57.4 Å². The van der Waals surface area contributed by atoms with Gasteiger partial charge in [0, 0.05) is 0 Å². The van der Waals surface area contributed by atoms with E-state index in [1.165, 1.54) is 9.17 Å². The molecule has 1 aromatic rings. The van der Waals surface area contributed by atoms with Gasteiger partial charge < -0.3 is 0 Å². The summed E-state index contributed by atoms with van der Waals surface area (Å²) in [6.45, 7) is 4.90. The Bertz CT molecular complexity index is 403. The van der Waals surface area contributed by atoms with Crippen LogP contribution in [0.4, 0.5) is 0 Å². The number of ether oxygens (including phenoxy) is 1. The van der Waals surface area contributed by atoms with Crippen molar-refractivity contribution in [3.05, 3.63) is 29.8 Å². The van der Waals surface area contributed by atoms with Crippen LogP contribution in [0.25, 0.3) is 0 Å². The van der Waals surface area contributed by atoms with E-state index in [0.29, 0.717) is 6.61 Å². The van der Waals surface area contributed by atoms with Crippen molar-refractivity contribution in [1.29, 1.82) is 0 Å². The summed E-state index contributed by atoms with van der Waals surface area (Å²) in [5.74, 6) is 0.836. The fourth-order valence-electron chi connectivity index (χ4n) is 1.54. The molecular formula is C11H12LiNOTe. The van der Waals surface area contributed by atoms with Crippen LogP contribution >= 0.6 is 0 Å². The van der Waals surface area contributed by atoms with Crippen LogP contribution in [0.3, 0.4) is 0 Å². The van der Waals surface area contributed by atoms with Gasteiger partial charge in [0.15, 0.2) is 0 Å². The number of benzene rings is 1. The van der Waals surface area contributed by atoms with E-state index in [-0.39, 0.29) is 23.8 Å². The zero-order valence-corrected chi connectivity index (χ0v) is 11.6. The van der Waals surface area contributed by atoms with E-state index in [0.717, 1.165) is 5.90 Å². The molecule has 2 nitrogen and oxygen atoms in total. The third-order valence-corrected chi connectivity index (χ3v) is 4.58. The minimum atomic E-state index is -0.0927. The Balaban J connectivity index is 2.39. The van der Waals surface area contributed by atoms with Gasteiger partial charge >= 0.3 is 108 Å². The minimum absolute atomic E-state index is 0.0588.